The van der Waals surface area contributed by atoms with Crippen LogP contribution in [0.3, 0.4) is 0 Å². The summed E-state index contributed by atoms with van der Waals surface area (Å²) in [6.45, 7) is 1.87. The second-order valence-corrected chi connectivity index (χ2v) is 4.05. The molecule has 0 saturated heterocycles. The first-order valence-electron chi connectivity index (χ1n) is 3.95. The number of thiazole rings is 1. The standard InChI is InChI=1S/C8H7N3O2S/c1-8(3-2-4-10-8)7-9-5-6(14-7)11(12)13/h2-5H,1H3. The fraction of sp³-hybridized carbons (Fsp3) is 0.250. The highest BCUT2D eigenvalue weighted by Gasteiger charge is 2.29. The lowest BCUT2D eigenvalue weighted by atomic mass is 10.1. The van der Waals surface area contributed by atoms with E-state index in [0.29, 0.717) is 5.01 Å². The first-order chi connectivity index (χ1) is 6.62. The summed E-state index contributed by atoms with van der Waals surface area (Å²) in [7, 11) is 0. The highest BCUT2D eigenvalue weighted by Crippen LogP contribution is 2.34. The molecular formula is C8H7N3O2S. The molecule has 0 fully saturated rings. The number of nitrogens with zero attached hydrogens (tertiary/aromatic N) is 3. The van der Waals surface area contributed by atoms with Gasteiger partial charge in [-0.05, 0) is 30.4 Å². The van der Waals surface area contributed by atoms with Crippen molar-refractivity contribution in [3.8, 4) is 0 Å². The minimum absolute atomic E-state index is 0.0525. The molecule has 0 radical (unpaired) electrons. The second-order valence-electron chi connectivity index (χ2n) is 3.05. The number of rotatable bonds is 2. The number of hydrogen-bond acceptors (Lipinski definition) is 5. The Balaban J connectivity index is 2.38. The third-order valence-electron chi connectivity index (χ3n) is 1.96. The fourth-order valence-corrected chi connectivity index (χ4v) is 1.99. The summed E-state index contributed by atoms with van der Waals surface area (Å²) in [6, 6.07) is 0. The first kappa shape index (κ1) is 9.01. The number of nitro groups is 1. The lowest BCUT2D eigenvalue weighted by Crippen LogP contribution is -2.12. The van der Waals surface area contributed by atoms with Crippen LogP contribution in [0.15, 0.2) is 23.3 Å². The third kappa shape index (κ3) is 1.33. The molecule has 0 saturated carbocycles. The van der Waals surface area contributed by atoms with Crippen LogP contribution in [0.25, 0.3) is 0 Å². The Kier molecular flexibility index (Phi) is 1.92. The molecule has 0 spiro atoms. The van der Waals surface area contributed by atoms with E-state index in [1.54, 1.807) is 6.21 Å². The van der Waals surface area contributed by atoms with Crippen LogP contribution >= 0.6 is 11.3 Å². The van der Waals surface area contributed by atoms with Gasteiger partial charge in [0.15, 0.2) is 0 Å². The molecular weight excluding hydrogens is 202 g/mol. The molecule has 5 nitrogen and oxygen atoms in total. The molecule has 1 aromatic heterocycles. The van der Waals surface area contributed by atoms with Gasteiger partial charge in [0.2, 0.25) is 0 Å². The molecule has 0 aromatic carbocycles. The molecule has 14 heavy (non-hydrogen) atoms. The third-order valence-corrected chi connectivity index (χ3v) is 3.13. The van der Waals surface area contributed by atoms with Gasteiger partial charge in [0.1, 0.15) is 16.7 Å². The van der Waals surface area contributed by atoms with Gasteiger partial charge >= 0.3 is 5.00 Å². The SMILES string of the molecule is CC1(c2ncc([N+](=O)[O-])s2)C=CC=N1. The molecule has 1 unspecified atom stereocenters. The highest BCUT2D eigenvalue weighted by atomic mass is 32.1. The minimum atomic E-state index is -0.515. The van der Waals surface area contributed by atoms with Crippen LogP contribution in [0.2, 0.25) is 0 Å². The van der Waals surface area contributed by atoms with Gasteiger partial charge in [-0.3, -0.25) is 15.1 Å². The van der Waals surface area contributed by atoms with Gasteiger partial charge in [-0.2, -0.15) is 0 Å². The maximum atomic E-state index is 10.5. The van der Waals surface area contributed by atoms with Gasteiger partial charge in [-0.1, -0.05) is 0 Å². The quantitative estimate of drug-likeness (QED) is 0.551. The van der Waals surface area contributed by atoms with E-state index in [9.17, 15) is 10.1 Å². The summed E-state index contributed by atoms with van der Waals surface area (Å²) in [6.07, 6.45) is 6.63. The summed E-state index contributed by atoms with van der Waals surface area (Å²) >= 11 is 1.06. The molecule has 1 atom stereocenters. The lowest BCUT2D eigenvalue weighted by molar-refractivity contribution is -0.380. The Bertz CT molecular complexity index is 424. The van der Waals surface area contributed by atoms with Crippen molar-refractivity contribution in [2.45, 2.75) is 12.5 Å². The van der Waals surface area contributed by atoms with Gasteiger partial charge in [0.05, 0.1) is 4.92 Å². The Morgan fingerprint density at radius 1 is 1.64 bits per heavy atom. The Morgan fingerprint density at radius 2 is 2.43 bits per heavy atom. The van der Waals surface area contributed by atoms with Crippen molar-refractivity contribution >= 4 is 22.6 Å². The predicted molar refractivity (Wildman–Crippen MR) is 53.8 cm³/mol. The van der Waals surface area contributed by atoms with Gasteiger partial charge in [-0.15, -0.1) is 0 Å². The van der Waals surface area contributed by atoms with Crippen LogP contribution in [0.1, 0.15) is 11.9 Å². The summed E-state index contributed by atoms with van der Waals surface area (Å²) in [4.78, 5) is 18.2. The molecule has 0 amide bonds. The molecule has 72 valence electrons. The van der Waals surface area contributed by atoms with E-state index >= 15 is 0 Å². The molecule has 2 rings (SSSR count). The Hall–Kier alpha value is -1.56. The summed E-state index contributed by atoms with van der Waals surface area (Å²) < 4.78 is 0. The average Bonchev–Trinajstić information content (AvgIpc) is 2.71. The summed E-state index contributed by atoms with van der Waals surface area (Å²) in [5.41, 5.74) is -0.515. The molecule has 2 heterocycles. The number of hydrogen-bond donors (Lipinski definition) is 0. The number of allylic oxidation sites excluding steroid dienone is 1. The molecule has 1 aromatic rings. The van der Waals surface area contributed by atoms with Crippen LogP contribution in [-0.2, 0) is 5.54 Å². The van der Waals surface area contributed by atoms with Crippen molar-refractivity contribution in [1.82, 2.24) is 4.98 Å². The van der Waals surface area contributed by atoms with Gasteiger partial charge in [0.25, 0.3) is 0 Å². The Labute approximate surface area is 84.0 Å². The molecule has 1 aliphatic rings. The van der Waals surface area contributed by atoms with Crippen molar-refractivity contribution in [1.29, 1.82) is 0 Å². The van der Waals surface area contributed by atoms with Crippen molar-refractivity contribution in [3.05, 3.63) is 33.5 Å². The molecule has 0 N–H and O–H groups in total. The highest BCUT2D eigenvalue weighted by molar-refractivity contribution is 7.15. The van der Waals surface area contributed by atoms with E-state index in [1.165, 1.54) is 6.20 Å². The smallest absolute Gasteiger partial charge is 0.275 e. The van der Waals surface area contributed by atoms with E-state index < -0.39 is 10.5 Å². The van der Waals surface area contributed by atoms with Crippen molar-refractivity contribution < 1.29 is 4.92 Å². The maximum absolute atomic E-state index is 10.5. The minimum Gasteiger partial charge on any atom is -0.275 e. The lowest BCUT2D eigenvalue weighted by Gasteiger charge is -2.13. The van der Waals surface area contributed by atoms with Crippen LogP contribution in [0.4, 0.5) is 5.00 Å². The second kappa shape index (κ2) is 2.98. The predicted octanol–water partition coefficient (Wildman–Crippen LogP) is 1.91. The molecule has 1 aliphatic heterocycles. The van der Waals surface area contributed by atoms with Crippen molar-refractivity contribution in [2.24, 2.45) is 4.99 Å². The average molecular weight is 209 g/mol. The monoisotopic (exact) mass is 209 g/mol. The van der Waals surface area contributed by atoms with E-state index in [2.05, 4.69) is 9.98 Å². The van der Waals surface area contributed by atoms with E-state index in [4.69, 9.17) is 0 Å². The summed E-state index contributed by atoms with van der Waals surface area (Å²) in [5.74, 6) is 0. The zero-order valence-corrected chi connectivity index (χ0v) is 8.19. The first-order valence-corrected chi connectivity index (χ1v) is 4.77. The topological polar surface area (TPSA) is 68.4 Å². The Morgan fingerprint density at radius 3 is 2.93 bits per heavy atom. The number of aliphatic imine (C=N–C) groups is 1. The maximum Gasteiger partial charge on any atom is 0.344 e. The van der Waals surface area contributed by atoms with Crippen LogP contribution < -0.4 is 0 Å². The largest absolute Gasteiger partial charge is 0.344 e. The van der Waals surface area contributed by atoms with Gasteiger partial charge < -0.3 is 0 Å². The normalized spacial score (nSPS) is 24.4. The van der Waals surface area contributed by atoms with Crippen molar-refractivity contribution in [2.75, 3.05) is 0 Å². The molecule has 0 aliphatic carbocycles. The van der Waals surface area contributed by atoms with E-state index in [0.717, 1.165) is 11.3 Å². The zero-order chi connectivity index (χ0) is 10.2. The summed E-state index contributed by atoms with van der Waals surface area (Å²) in [5, 5.41) is 11.2. The van der Waals surface area contributed by atoms with Gasteiger partial charge in [-0.25, -0.2) is 4.98 Å². The molecule has 6 heteroatoms. The fourth-order valence-electron chi connectivity index (χ4n) is 1.18. The van der Waals surface area contributed by atoms with Gasteiger partial charge in [0, 0.05) is 6.21 Å². The number of aromatic nitrogens is 1. The zero-order valence-electron chi connectivity index (χ0n) is 7.38. The van der Waals surface area contributed by atoms with E-state index in [-0.39, 0.29) is 5.00 Å². The van der Waals surface area contributed by atoms with Crippen molar-refractivity contribution in [3.63, 3.8) is 0 Å². The van der Waals surface area contributed by atoms with Crippen LogP contribution in [0, 0.1) is 10.1 Å². The van der Waals surface area contributed by atoms with Crippen LogP contribution in [0.5, 0.6) is 0 Å². The molecule has 0 bridgehead atoms. The van der Waals surface area contributed by atoms with Crippen LogP contribution in [-0.4, -0.2) is 16.1 Å². The van der Waals surface area contributed by atoms with E-state index in [1.807, 2.05) is 19.1 Å².